The van der Waals surface area contributed by atoms with E-state index in [1.165, 1.54) is 5.56 Å². The van der Waals surface area contributed by atoms with Crippen molar-refractivity contribution in [2.45, 2.75) is 26.2 Å². The van der Waals surface area contributed by atoms with Crippen molar-refractivity contribution in [1.82, 2.24) is 15.0 Å². The molecule has 2 aromatic heterocycles. The zero-order valence-electron chi connectivity index (χ0n) is 16.0. The van der Waals surface area contributed by atoms with Crippen molar-refractivity contribution in [3.63, 3.8) is 0 Å². The van der Waals surface area contributed by atoms with Crippen molar-refractivity contribution < 1.29 is 9.32 Å². The first-order valence-electron chi connectivity index (χ1n) is 9.66. The molecule has 0 saturated carbocycles. The summed E-state index contributed by atoms with van der Waals surface area (Å²) in [4.78, 5) is 19.0. The maximum absolute atomic E-state index is 12.9. The molecule has 1 amide bonds. The van der Waals surface area contributed by atoms with Crippen LogP contribution in [0.5, 0.6) is 0 Å². The number of pyridine rings is 1. The van der Waals surface area contributed by atoms with Crippen molar-refractivity contribution >= 4 is 17.4 Å². The van der Waals surface area contributed by atoms with Gasteiger partial charge in [-0.1, -0.05) is 35.5 Å². The van der Waals surface area contributed by atoms with Gasteiger partial charge < -0.3 is 14.7 Å². The Morgan fingerprint density at radius 2 is 1.96 bits per heavy atom. The molecule has 1 fully saturated rings. The number of amides is 1. The number of likely N-dealkylation sites (tertiary alicyclic amines) is 1. The zero-order chi connectivity index (χ0) is 19.3. The topological polar surface area (TPSA) is 71.3 Å². The lowest BCUT2D eigenvalue weighted by molar-refractivity contribution is 0.0690. The molecule has 0 aliphatic carbocycles. The lowest BCUT2D eigenvalue weighted by Gasteiger charge is -2.32. The monoisotopic (exact) mass is 376 g/mol. The second-order valence-electron chi connectivity index (χ2n) is 7.34. The van der Waals surface area contributed by atoms with Gasteiger partial charge in [0.25, 0.3) is 5.91 Å². The molecule has 0 bridgehead atoms. The van der Waals surface area contributed by atoms with E-state index in [0.29, 0.717) is 17.3 Å². The predicted molar refractivity (Wildman–Crippen MR) is 108 cm³/mol. The molecule has 0 atom stereocenters. The van der Waals surface area contributed by atoms with Crippen molar-refractivity contribution in [2.75, 3.05) is 18.4 Å². The molecule has 0 radical (unpaired) electrons. The summed E-state index contributed by atoms with van der Waals surface area (Å²) in [5.74, 6) is 1.99. The Bertz CT molecular complexity index is 930. The molecular formula is C22H24N4O2. The van der Waals surface area contributed by atoms with Gasteiger partial charge in [-0.25, -0.2) is 0 Å². The van der Waals surface area contributed by atoms with Crippen LogP contribution in [0.2, 0.25) is 0 Å². The third kappa shape index (κ3) is 4.39. The standard InChI is InChI=1S/C22H24N4O2/c1-16-11-21(25-28-16)24-20-13-19(14-23-15-20)22(27)26-9-7-18(8-10-26)12-17-5-3-2-4-6-17/h2-6,11,13-15,18H,7-10,12H2,1H3,(H,24,25). The maximum Gasteiger partial charge on any atom is 0.255 e. The fourth-order valence-electron chi connectivity index (χ4n) is 3.67. The first-order valence-corrected chi connectivity index (χ1v) is 9.66. The van der Waals surface area contributed by atoms with Crippen molar-refractivity contribution in [3.8, 4) is 0 Å². The highest BCUT2D eigenvalue weighted by Crippen LogP contribution is 2.24. The predicted octanol–water partition coefficient (Wildman–Crippen LogP) is 4.22. The maximum atomic E-state index is 12.9. The Morgan fingerprint density at radius 1 is 1.18 bits per heavy atom. The third-order valence-corrected chi connectivity index (χ3v) is 5.15. The number of rotatable bonds is 5. The van der Waals surface area contributed by atoms with Crippen LogP contribution in [0.1, 0.15) is 34.5 Å². The van der Waals surface area contributed by atoms with Gasteiger partial charge in [0.1, 0.15) is 5.76 Å². The van der Waals surface area contributed by atoms with Gasteiger partial charge in [-0.2, -0.15) is 0 Å². The average molecular weight is 376 g/mol. The largest absolute Gasteiger partial charge is 0.360 e. The molecule has 4 rings (SSSR count). The van der Waals surface area contributed by atoms with Crippen LogP contribution in [0, 0.1) is 12.8 Å². The molecule has 28 heavy (non-hydrogen) atoms. The molecule has 1 saturated heterocycles. The van der Waals surface area contributed by atoms with Crippen LogP contribution in [-0.2, 0) is 6.42 Å². The molecule has 0 spiro atoms. The van der Waals surface area contributed by atoms with Gasteiger partial charge in [0.05, 0.1) is 17.4 Å². The minimum atomic E-state index is 0.0330. The van der Waals surface area contributed by atoms with E-state index in [2.05, 4.69) is 39.7 Å². The van der Waals surface area contributed by atoms with Crippen molar-refractivity contribution in [2.24, 2.45) is 5.92 Å². The number of nitrogens with zero attached hydrogens (tertiary/aromatic N) is 3. The molecule has 6 heteroatoms. The molecular weight excluding hydrogens is 352 g/mol. The molecule has 144 valence electrons. The molecule has 3 heterocycles. The zero-order valence-corrected chi connectivity index (χ0v) is 16.0. The summed E-state index contributed by atoms with van der Waals surface area (Å²) in [7, 11) is 0. The molecule has 1 N–H and O–H groups in total. The number of piperidine rings is 1. The fraction of sp³-hybridized carbons (Fsp3) is 0.318. The van der Waals surface area contributed by atoms with Crippen LogP contribution in [0.15, 0.2) is 59.4 Å². The van der Waals surface area contributed by atoms with Crippen LogP contribution < -0.4 is 5.32 Å². The molecule has 6 nitrogen and oxygen atoms in total. The van der Waals surface area contributed by atoms with E-state index in [9.17, 15) is 4.79 Å². The highest BCUT2D eigenvalue weighted by Gasteiger charge is 2.24. The van der Waals surface area contributed by atoms with Gasteiger partial charge in [0.2, 0.25) is 0 Å². The molecule has 1 aliphatic heterocycles. The molecule has 0 unspecified atom stereocenters. The number of anilines is 2. The number of aryl methyl sites for hydroxylation is 1. The Hall–Kier alpha value is -3.15. The van der Waals surface area contributed by atoms with E-state index in [4.69, 9.17) is 4.52 Å². The molecule has 1 aromatic carbocycles. The smallest absolute Gasteiger partial charge is 0.255 e. The van der Waals surface area contributed by atoms with Gasteiger partial charge >= 0.3 is 0 Å². The first kappa shape index (κ1) is 18.2. The second-order valence-corrected chi connectivity index (χ2v) is 7.34. The highest BCUT2D eigenvalue weighted by molar-refractivity contribution is 5.95. The summed E-state index contributed by atoms with van der Waals surface area (Å²) in [6.07, 6.45) is 6.44. The fourth-order valence-corrected chi connectivity index (χ4v) is 3.67. The summed E-state index contributed by atoms with van der Waals surface area (Å²) >= 11 is 0. The van der Waals surface area contributed by atoms with Gasteiger partial charge in [-0.15, -0.1) is 0 Å². The number of hydrogen-bond acceptors (Lipinski definition) is 5. The van der Waals surface area contributed by atoms with E-state index in [1.54, 1.807) is 18.5 Å². The van der Waals surface area contributed by atoms with E-state index in [1.807, 2.05) is 24.0 Å². The van der Waals surface area contributed by atoms with Crippen molar-refractivity contribution in [1.29, 1.82) is 0 Å². The number of benzene rings is 1. The third-order valence-electron chi connectivity index (χ3n) is 5.15. The number of hydrogen-bond donors (Lipinski definition) is 1. The van der Waals surface area contributed by atoms with Gasteiger partial charge in [-0.3, -0.25) is 9.78 Å². The van der Waals surface area contributed by atoms with Crippen LogP contribution >= 0.6 is 0 Å². The van der Waals surface area contributed by atoms with Crippen LogP contribution in [0.3, 0.4) is 0 Å². The highest BCUT2D eigenvalue weighted by atomic mass is 16.5. The Labute approximate surface area is 164 Å². The first-order chi connectivity index (χ1) is 13.7. The van der Waals surface area contributed by atoms with Gasteiger partial charge in [0, 0.05) is 25.4 Å². The Morgan fingerprint density at radius 3 is 2.68 bits per heavy atom. The second kappa shape index (κ2) is 8.25. The number of nitrogens with one attached hydrogen (secondary N) is 1. The molecule has 3 aromatic rings. The normalized spacial score (nSPS) is 14.8. The lowest BCUT2D eigenvalue weighted by atomic mass is 9.90. The van der Waals surface area contributed by atoms with Crippen LogP contribution in [0.4, 0.5) is 11.5 Å². The van der Waals surface area contributed by atoms with Crippen LogP contribution in [-0.4, -0.2) is 34.0 Å². The Kier molecular flexibility index (Phi) is 5.37. The summed E-state index contributed by atoms with van der Waals surface area (Å²) < 4.78 is 5.05. The lowest BCUT2D eigenvalue weighted by Crippen LogP contribution is -2.39. The average Bonchev–Trinajstić information content (AvgIpc) is 3.13. The minimum absolute atomic E-state index is 0.0330. The van der Waals surface area contributed by atoms with E-state index >= 15 is 0 Å². The van der Waals surface area contributed by atoms with E-state index in [-0.39, 0.29) is 5.91 Å². The number of carbonyl (C=O) groups is 1. The van der Waals surface area contributed by atoms with Gasteiger partial charge in [0.15, 0.2) is 5.82 Å². The summed E-state index contributed by atoms with van der Waals surface area (Å²) in [6, 6.07) is 14.2. The quantitative estimate of drug-likeness (QED) is 0.722. The summed E-state index contributed by atoms with van der Waals surface area (Å²) in [6.45, 7) is 3.41. The molecule has 1 aliphatic rings. The summed E-state index contributed by atoms with van der Waals surface area (Å²) in [5.41, 5.74) is 2.68. The van der Waals surface area contributed by atoms with Gasteiger partial charge in [-0.05, 0) is 43.7 Å². The SMILES string of the molecule is Cc1cc(Nc2cncc(C(=O)N3CCC(Cc4ccccc4)CC3)c2)no1. The van der Waals surface area contributed by atoms with E-state index in [0.717, 1.165) is 43.8 Å². The number of carbonyl (C=O) groups excluding carboxylic acids is 1. The minimum Gasteiger partial charge on any atom is -0.360 e. The van der Waals surface area contributed by atoms with Crippen LogP contribution in [0.25, 0.3) is 0 Å². The van der Waals surface area contributed by atoms with Crippen molar-refractivity contribution in [3.05, 3.63) is 71.7 Å². The van der Waals surface area contributed by atoms with E-state index < -0.39 is 0 Å². The summed E-state index contributed by atoms with van der Waals surface area (Å²) in [5, 5.41) is 7.03. The number of aromatic nitrogens is 2. The Balaban J connectivity index is 1.35.